The molecule has 2 rings (SSSR count). The second-order valence-electron chi connectivity index (χ2n) is 9.93. The first-order chi connectivity index (χ1) is 16.7. The molecule has 0 aliphatic carbocycles. The Morgan fingerprint density at radius 3 is 1.62 bits per heavy atom. The molecule has 6 atom stereocenters. The Morgan fingerprint density at radius 2 is 1.15 bits per heavy atom. The normalized spacial score (nSPS) is 26.8. The van der Waals surface area contributed by atoms with Gasteiger partial charge in [0.2, 0.25) is 0 Å². The highest BCUT2D eigenvalue weighted by Crippen LogP contribution is 2.35. The third-order valence-corrected chi connectivity index (χ3v) is 7.20. The summed E-state index contributed by atoms with van der Waals surface area (Å²) in [7, 11) is 3.31. The van der Waals surface area contributed by atoms with Crippen LogP contribution >= 0.6 is 0 Å². The van der Waals surface area contributed by atoms with Gasteiger partial charge in [0.05, 0.1) is 36.6 Å². The quantitative estimate of drug-likeness (QED) is 0.172. The van der Waals surface area contributed by atoms with Crippen LogP contribution in [0.25, 0.3) is 0 Å². The van der Waals surface area contributed by atoms with Crippen molar-refractivity contribution < 1.29 is 33.5 Å². The van der Waals surface area contributed by atoms with E-state index in [0.29, 0.717) is 13.2 Å². The summed E-state index contributed by atoms with van der Waals surface area (Å²) in [5.74, 6) is 0. The second kappa shape index (κ2) is 18.9. The fourth-order valence-corrected chi connectivity index (χ4v) is 5.31. The molecule has 0 aromatic heterocycles. The first-order valence-electron chi connectivity index (χ1n) is 13.9. The third-order valence-electron chi connectivity index (χ3n) is 7.20. The molecule has 2 saturated heterocycles. The molecule has 0 amide bonds. The Kier molecular flexibility index (Phi) is 16.7. The molecule has 34 heavy (non-hydrogen) atoms. The van der Waals surface area contributed by atoms with E-state index >= 15 is 0 Å². The van der Waals surface area contributed by atoms with Crippen molar-refractivity contribution in [3.8, 4) is 0 Å². The number of unbranched alkanes of at least 4 members (excludes halogenated alkanes) is 7. The minimum absolute atomic E-state index is 0.0345. The Morgan fingerprint density at radius 1 is 0.676 bits per heavy atom. The van der Waals surface area contributed by atoms with Crippen LogP contribution in [0.15, 0.2) is 0 Å². The molecule has 0 saturated carbocycles. The fraction of sp³-hybridized carbons (Fsp3) is 1.00. The van der Waals surface area contributed by atoms with Gasteiger partial charge < -0.3 is 33.5 Å². The minimum atomic E-state index is -0.0472. The van der Waals surface area contributed by atoms with Crippen LogP contribution in [0.4, 0.5) is 0 Å². The molecular weight excluding hydrogens is 436 g/mol. The first kappa shape index (κ1) is 29.9. The first-order valence-corrected chi connectivity index (χ1v) is 13.9. The molecular formula is C27H52O7. The van der Waals surface area contributed by atoms with Gasteiger partial charge in [-0.2, -0.15) is 0 Å². The van der Waals surface area contributed by atoms with Gasteiger partial charge in [-0.25, -0.2) is 0 Å². The van der Waals surface area contributed by atoms with E-state index in [-0.39, 0.29) is 50.0 Å². The van der Waals surface area contributed by atoms with Gasteiger partial charge >= 0.3 is 0 Å². The summed E-state index contributed by atoms with van der Waals surface area (Å²) in [4.78, 5) is 0. The van der Waals surface area contributed by atoms with E-state index in [1.54, 1.807) is 14.2 Å². The van der Waals surface area contributed by atoms with Gasteiger partial charge in [0, 0.05) is 20.8 Å². The van der Waals surface area contributed by atoms with Crippen molar-refractivity contribution in [3.05, 3.63) is 0 Å². The zero-order chi connectivity index (χ0) is 24.4. The van der Waals surface area contributed by atoms with Gasteiger partial charge in [-0.05, 0) is 44.9 Å². The topological polar surface area (TPSA) is 75.6 Å². The number of rotatable bonds is 21. The van der Waals surface area contributed by atoms with E-state index in [2.05, 4.69) is 6.92 Å². The molecule has 202 valence electrons. The standard InChI is InChI=1S/C27H52O7/c1-4-5-6-7-8-9-10-11-13-22(31-20-29-2)24-15-17-26(33-24)27-18-16-25(34-27)23(14-12-19-28)32-21-30-3/h22-28H,4-21H2,1-3H3/t22-,23-,24-,25-,26+,27-/m1/s1. The van der Waals surface area contributed by atoms with Gasteiger partial charge in [0.15, 0.2) is 0 Å². The van der Waals surface area contributed by atoms with Crippen molar-refractivity contribution >= 4 is 0 Å². The number of aliphatic hydroxyl groups is 1. The lowest BCUT2D eigenvalue weighted by molar-refractivity contribution is -0.158. The van der Waals surface area contributed by atoms with E-state index in [1.165, 1.54) is 51.4 Å². The Labute approximate surface area is 208 Å². The van der Waals surface area contributed by atoms with Crippen molar-refractivity contribution in [1.29, 1.82) is 0 Å². The number of hydrogen-bond acceptors (Lipinski definition) is 7. The molecule has 0 spiro atoms. The monoisotopic (exact) mass is 488 g/mol. The number of ether oxygens (including phenoxy) is 6. The third kappa shape index (κ3) is 11.2. The van der Waals surface area contributed by atoms with E-state index < -0.39 is 0 Å². The van der Waals surface area contributed by atoms with E-state index in [4.69, 9.17) is 28.4 Å². The van der Waals surface area contributed by atoms with Crippen molar-refractivity contribution in [2.24, 2.45) is 0 Å². The summed E-state index contributed by atoms with van der Waals surface area (Å²) >= 11 is 0. The molecule has 0 aromatic carbocycles. The predicted molar refractivity (Wildman–Crippen MR) is 133 cm³/mol. The van der Waals surface area contributed by atoms with E-state index in [9.17, 15) is 5.11 Å². The SMILES string of the molecule is CCCCCCCCCC[C@@H](OCOC)[C@H]1CC[C@@H]([C@H]2CC[C@H]([C@@H](CCCO)OCOC)O2)O1. The molecule has 7 heteroatoms. The summed E-state index contributed by atoms with van der Waals surface area (Å²) in [6.07, 6.45) is 17.4. The second-order valence-corrected chi connectivity index (χ2v) is 9.93. The highest BCUT2D eigenvalue weighted by atomic mass is 16.7. The zero-order valence-electron chi connectivity index (χ0n) is 22.1. The van der Waals surface area contributed by atoms with Crippen LogP contribution in [0, 0.1) is 0 Å². The van der Waals surface area contributed by atoms with Crippen molar-refractivity contribution in [1.82, 2.24) is 0 Å². The smallest absolute Gasteiger partial charge is 0.146 e. The molecule has 2 fully saturated rings. The summed E-state index contributed by atoms with van der Waals surface area (Å²) < 4.78 is 35.1. The maximum Gasteiger partial charge on any atom is 0.146 e. The molecule has 2 aliphatic rings. The zero-order valence-corrected chi connectivity index (χ0v) is 22.1. The summed E-state index contributed by atoms with van der Waals surface area (Å²) in [5, 5.41) is 9.22. The van der Waals surface area contributed by atoms with Crippen LogP contribution in [-0.2, 0) is 28.4 Å². The number of aliphatic hydroxyl groups excluding tert-OH is 1. The lowest BCUT2D eigenvalue weighted by Crippen LogP contribution is -2.35. The van der Waals surface area contributed by atoms with Crippen LogP contribution in [-0.4, -0.2) is 76.1 Å². The average Bonchev–Trinajstić information content (AvgIpc) is 3.53. The van der Waals surface area contributed by atoms with Crippen LogP contribution < -0.4 is 0 Å². The van der Waals surface area contributed by atoms with Gasteiger partial charge in [0.25, 0.3) is 0 Å². The van der Waals surface area contributed by atoms with Crippen molar-refractivity contribution in [2.75, 3.05) is 34.4 Å². The lowest BCUT2D eigenvalue weighted by atomic mass is 10.0. The molecule has 0 unspecified atom stereocenters. The Balaban J connectivity index is 1.74. The summed E-state index contributed by atoms with van der Waals surface area (Å²) in [6, 6.07) is 0. The van der Waals surface area contributed by atoms with E-state index in [0.717, 1.165) is 38.5 Å². The molecule has 0 aromatic rings. The van der Waals surface area contributed by atoms with Crippen molar-refractivity contribution in [3.63, 3.8) is 0 Å². The van der Waals surface area contributed by atoms with Crippen LogP contribution in [0.3, 0.4) is 0 Å². The molecule has 0 radical (unpaired) electrons. The molecule has 2 aliphatic heterocycles. The predicted octanol–water partition coefficient (Wildman–Crippen LogP) is 5.36. The largest absolute Gasteiger partial charge is 0.396 e. The van der Waals surface area contributed by atoms with Gasteiger partial charge in [-0.15, -0.1) is 0 Å². The summed E-state index contributed by atoms with van der Waals surface area (Å²) in [5.41, 5.74) is 0. The van der Waals surface area contributed by atoms with E-state index in [1.807, 2.05) is 0 Å². The lowest BCUT2D eigenvalue weighted by Gasteiger charge is -2.27. The number of methoxy groups -OCH3 is 2. The average molecular weight is 489 g/mol. The molecule has 1 N–H and O–H groups in total. The fourth-order valence-electron chi connectivity index (χ4n) is 5.31. The Bertz CT molecular complexity index is 470. The van der Waals surface area contributed by atoms with Crippen LogP contribution in [0.2, 0.25) is 0 Å². The van der Waals surface area contributed by atoms with Crippen molar-refractivity contribution in [2.45, 2.75) is 140 Å². The Hall–Kier alpha value is -0.280. The molecule has 0 bridgehead atoms. The maximum absolute atomic E-state index is 9.22. The van der Waals surface area contributed by atoms with Crippen LogP contribution in [0.5, 0.6) is 0 Å². The van der Waals surface area contributed by atoms with Gasteiger partial charge in [-0.1, -0.05) is 58.3 Å². The van der Waals surface area contributed by atoms with Crippen LogP contribution in [0.1, 0.15) is 103 Å². The highest BCUT2D eigenvalue weighted by molar-refractivity contribution is 4.90. The maximum atomic E-state index is 9.22. The molecule has 7 nitrogen and oxygen atoms in total. The molecule has 2 heterocycles. The number of hydrogen-bond donors (Lipinski definition) is 1. The van der Waals surface area contributed by atoms with Gasteiger partial charge in [0.1, 0.15) is 13.6 Å². The van der Waals surface area contributed by atoms with Gasteiger partial charge in [-0.3, -0.25) is 0 Å². The minimum Gasteiger partial charge on any atom is -0.396 e. The highest BCUT2D eigenvalue weighted by Gasteiger charge is 2.41. The summed E-state index contributed by atoms with van der Waals surface area (Å²) in [6.45, 7) is 3.00.